The molecule has 0 spiro atoms. The van der Waals surface area contributed by atoms with Crippen molar-refractivity contribution in [3.8, 4) is 0 Å². The lowest BCUT2D eigenvalue weighted by Crippen LogP contribution is -2.23. The standard InChI is InChI=1S/C19H16OS/c1-13-9-11-15(12-10-13)21-18-8-4-7-17(18)19(20)16-6-3-5-14(16)2/h3-12H,1-2H3. The van der Waals surface area contributed by atoms with Crippen molar-refractivity contribution >= 4 is 17.5 Å². The van der Waals surface area contributed by atoms with Gasteiger partial charge in [0, 0.05) is 4.90 Å². The zero-order valence-electron chi connectivity index (χ0n) is 12.1. The number of benzene rings is 1. The Morgan fingerprint density at radius 1 is 0.857 bits per heavy atom. The first-order chi connectivity index (χ1) is 10.1. The third-order valence-electron chi connectivity index (χ3n) is 3.55. The van der Waals surface area contributed by atoms with Gasteiger partial charge in [-0.1, -0.05) is 24.6 Å². The molecule has 0 unspecified atom stereocenters. The van der Waals surface area contributed by atoms with Crippen molar-refractivity contribution in [1.82, 2.24) is 0 Å². The van der Waals surface area contributed by atoms with Gasteiger partial charge in [-0.25, -0.2) is 0 Å². The molecule has 21 heavy (non-hydrogen) atoms. The van der Waals surface area contributed by atoms with Crippen LogP contribution in [0.2, 0.25) is 0 Å². The Kier molecular flexibility index (Phi) is 4.73. The molecule has 0 saturated heterocycles. The van der Waals surface area contributed by atoms with E-state index in [1.807, 2.05) is 45.4 Å². The third-order valence-corrected chi connectivity index (χ3v) is 4.63. The SMILES string of the molecule is C[C]1[CH][CH][CH][C]1C(=O)[C]1[CH][CH][CH][C]1Sc1ccc(C)cc1. The molecule has 0 bridgehead atoms. The van der Waals surface area contributed by atoms with Crippen LogP contribution in [0.15, 0.2) is 29.2 Å². The van der Waals surface area contributed by atoms with Crippen LogP contribution in [0.1, 0.15) is 12.5 Å². The van der Waals surface area contributed by atoms with E-state index in [9.17, 15) is 4.79 Å². The van der Waals surface area contributed by atoms with E-state index in [1.54, 1.807) is 11.8 Å². The summed E-state index contributed by atoms with van der Waals surface area (Å²) in [7, 11) is 0. The average molecular weight is 292 g/mol. The van der Waals surface area contributed by atoms with Crippen LogP contribution in [0.5, 0.6) is 0 Å². The Morgan fingerprint density at radius 3 is 2.19 bits per heavy atom. The van der Waals surface area contributed by atoms with Gasteiger partial charge in [-0.15, -0.1) is 11.8 Å². The number of aryl methyl sites for hydroxylation is 1. The van der Waals surface area contributed by atoms with Crippen molar-refractivity contribution in [2.45, 2.75) is 18.7 Å². The van der Waals surface area contributed by atoms with Crippen molar-refractivity contribution in [3.63, 3.8) is 0 Å². The fourth-order valence-electron chi connectivity index (χ4n) is 2.32. The molecule has 3 rings (SSSR count). The van der Waals surface area contributed by atoms with Crippen LogP contribution < -0.4 is 0 Å². The molecule has 0 heterocycles. The van der Waals surface area contributed by atoms with Crippen LogP contribution in [-0.2, 0) is 4.79 Å². The highest BCUT2D eigenvalue weighted by Gasteiger charge is 2.42. The van der Waals surface area contributed by atoms with Crippen molar-refractivity contribution < 1.29 is 4.79 Å². The molecule has 0 amide bonds. The summed E-state index contributed by atoms with van der Waals surface area (Å²) >= 11 is 1.64. The molecule has 2 aliphatic carbocycles. The summed E-state index contributed by atoms with van der Waals surface area (Å²) in [5.74, 6) is 2.73. The van der Waals surface area contributed by atoms with Crippen LogP contribution >= 0.6 is 11.8 Å². The van der Waals surface area contributed by atoms with Crippen molar-refractivity contribution in [2.75, 3.05) is 0 Å². The third kappa shape index (κ3) is 3.36. The Hall–Kier alpha value is -0.760. The fraction of sp³-hybridized carbons (Fsp3) is 0.105. The maximum Gasteiger partial charge on any atom is 0.149 e. The monoisotopic (exact) mass is 292 g/mol. The molecule has 1 nitrogen and oxygen atoms in total. The lowest BCUT2D eigenvalue weighted by molar-refractivity contribution is -0.114. The molecule has 1 aromatic carbocycles. The van der Waals surface area contributed by atoms with Gasteiger partial charge in [0.1, 0.15) is 5.78 Å². The summed E-state index contributed by atoms with van der Waals surface area (Å²) in [5.41, 5.74) is 1.24. The summed E-state index contributed by atoms with van der Waals surface area (Å²) < 4.78 is 0. The number of hydrogen-bond donors (Lipinski definition) is 0. The molecule has 0 aromatic heterocycles. The van der Waals surface area contributed by atoms with Crippen LogP contribution in [0.3, 0.4) is 0 Å². The van der Waals surface area contributed by atoms with E-state index in [4.69, 9.17) is 0 Å². The minimum absolute atomic E-state index is 0.108. The molecule has 0 N–H and O–H groups in total. The molecule has 0 aliphatic heterocycles. The van der Waals surface area contributed by atoms with E-state index in [1.165, 1.54) is 5.56 Å². The highest BCUT2D eigenvalue weighted by Crippen LogP contribution is 2.48. The van der Waals surface area contributed by atoms with Gasteiger partial charge in [0.05, 0.1) is 17.1 Å². The van der Waals surface area contributed by atoms with Crippen LogP contribution in [0.4, 0.5) is 0 Å². The molecule has 0 atom stereocenters. The van der Waals surface area contributed by atoms with Gasteiger partial charge in [0.25, 0.3) is 0 Å². The maximum absolute atomic E-state index is 12.6. The second-order valence-electron chi connectivity index (χ2n) is 5.17. The molecule has 2 fully saturated rings. The molecule has 104 valence electrons. The van der Waals surface area contributed by atoms with Gasteiger partial charge >= 0.3 is 0 Å². The molecule has 1 aromatic rings. The van der Waals surface area contributed by atoms with E-state index < -0.39 is 0 Å². The van der Waals surface area contributed by atoms with Gasteiger partial charge in [-0.2, -0.15) is 0 Å². The summed E-state index contributed by atoms with van der Waals surface area (Å²) in [6.07, 6.45) is 11.7. The molecular formula is C19H16OS. The van der Waals surface area contributed by atoms with Gasteiger partial charge < -0.3 is 0 Å². The topological polar surface area (TPSA) is 17.1 Å². The predicted octanol–water partition coefficient (Wildman–Crippen LogP) is 4.18. The minimum Gasteiger partial charge on any atom is -0.298 e. The number of rotatable bonds is 4. The molecule has 2 heteroatoms. The fourth-order valence-corrected chi connectivity index (χ4v) is 3.27. The largest absolute Gasteiger partial charge is 0.298 e. The Morgan fingerprint density at radius 2 is 1.52 bits per heavy atom. The van der Waals surface area contributed by atoms with Gasteiger partial charge in [-0.05, 0) is 63.5 Å². The first-order valence-electron chi connectivity index (χ1n) is 6.92. The van der Waals surface area contributed by atoms with E-state index >= 15 is 0 Å². The Labute approximate surface area is 132 Å². The number of hydrogen-bond acceptors (Lipinski definition) is 2. The second kappa shape index (κ2) is 6.56. The lowest BCUT2D eigenvalue weighted by Gasteiger charge is -2.21. The summed E-state index contributed by atoms with van der Waals surface area (Å²) in [4.78, 5) is 13.8. The smallest absolute Gasteiger partial charge is 0.149 e. The van der Waals surface area contributed by atoms with Crippen LogP contribution in [0, 0.1) is 68.5 Å². The summed E-state index contributed by atoms with van der Waals surface area (Å²) in [6.45, 7) is 4.05. The van der Waals surface area contributed by atoms with Crippen LogP contribution in [-0.4, -0.2) is 5.78 Å². The minimum atomic E-state index is 0.108. The first-order valence-corrected chi connectivity index (χ1v) is 7.74. The van der Waals surface area contributed by atoms with Crippen molar-refractivity contribution in [1.29, 1.82) is 0 Å². The number of carbonyl (C=O) groups excluding carboxylic acids is 1. The van der Waals surface area contributed by atoms with Crippen LogP contribution in [0.25, 0.3) is 0 Å². The lowest BCUT2D eigenvalue weighted by atomic mass is 9.85. The quantitative estimate of drug-likeness (QED) is 0.828. The van der Waals surface area contributed by atoms with Crippen molar-refractivity contribution in [2.24, 2.45) is 0 Å². The molecule has 2 saturated carbocycles. The van der Waals surface area contributed by atoms with E-state index in [-0.39, 0.29) is 5.78 Å². The Balaban J connectivity index is 1.67. The zero-order chi connectivity index (χ0) is 14.8. The number of ketones is 1. The number of thioether (sulfide) groups is 1. The van der Waals surface area contributed by atoms with E-state index in [0.717, 1.165) is 27.9 Å². The Bertz CT molecular complexity index is 493. The van der Waals surface area contributed by atoms with Gasteiger partial charge in [-0.3, -0.25) is 4.79 Å². The summed E-state index contributed by atoms with van der Waals surface area (Å²) in [5, 5.41) is 1.02. The van der Waals surface area contributed by atoms with Crippen molar-refractivity contribution in [3.05, 3.63) is 91.4 Å². The second-order valence-corrected chi connectivity index (χ2v) is 6.29. The first kappa shape index (κ1) is 15.1. The highest BCUT2D eigenvalue weighted by molar-refractivity contribution is 8.02. The predicted molar refractivity (Wildman–Crippen MR) is 86.5 cm³/mol. The molecular weight excluding hydrogens is 276 g/mol. The zero-order valence-corrected chi connectivity index (χ0v) is 12.9. The highest BCUT2D eigenvalue weighted by atomic mass is 32.2. The molecule has 2 aliphatic rings. The average Bonchev–Trinajstić information content (AvgIpc) is 3.10. The maximum atomic E-state index is 12.6. The number of carbonyl (C=O) groups is 1. The van der Waals surface area contributed by atoms with Gasteiger partial charge in [0.15, 0.2) is 0 Å². The normalized spacial score (nSPS) is 22.2. The number of Topliss-reactive ketones (excluding diaryl/α,β-unsaturated/α-hetero) is 1. The van der Waals surface area contributed by atoms with E-state index in [0.29, 0.717) is 0 Å². The summed E-state index contributed by atoms with van der Waals surface area (Å²) in [6, 6.07) is 8.37. The van der Waals surface area contributed by atoms with Gasteiger partial charge in [0.2, 0.25) is 0 Å². The molecule has 10 radical (unpaired) electrons. The van der Waals surface area contributed by atoms with E-state index in [2.05, 4.69) is 31.2 Å².